The molecule has 2 aromatic carbocycles. The van der Waals surface area contributed by atoms with E-state index in [1.165, 1.54) is 17.3 Å². The molecule has 0 aliphatic carbocycles. The molecule has 3 aromatic rings. The summed E-state index contributed by atoms with van der Waals surface area (Å²) in [6, 6.07) is 15.0. The minimum Gasteiger partial charge on any atom is -0.383 e. The highest BCUT2D eigenvalue weighted by Gasteiger charge is 2.19. The first-order valence-electron chi connectivity index (χ1n) is 9.58. The first-order chi connectivity index (χ1) is 14.0. The second-order valence-corrected chi connectivity index (χ2v) is 7.97. The molecule has 0 aliphatic heterocycles. The molecule has 0 fully saturated rings. The molecule has 1 aromatic heterocycles. The first kappa shape index (κ1) is 21.1. The molecular weight excluding hydrogens is 386 g/mol. The van der Waals surface area contributed by atoms with Crippen LogP contribution in [0.1, 0.15) is 19.4 Å². The van der Waals surface area contributed by atoms with Gasteiger partial charge in [-0.1, -0.05) is 43.0 Å². The predicted octanol–water partition coefficient (Wildman–Crippen LogP) is 3.72. The van der Waals surface area contributed by atoms with Crippen LogP contribution in [0.15, 0.2) is 58.5 Å². The largest absolute Gasteiger partial charge is 0.383 e. The van der Waals surface area contributed by atoms with Crippen molar-refractivity contribution < 1.29 is 9.53 Å². The summed E-state index contributed by atoms with van der Waals surface area (Å²) >= 11 is 1.27. The van der Waals surface area contributed by atoms with E-state index in [0.717, 1.165) is 12.1 Å². The Morgan fingerprint density at radius 3 is 2.62 bits per heavy atom. The molecule has 0 bridgehead atoms. The first-order valence-corrected chi connectivity index (χ1v) is 10.5. The molecule has 0 spiro atoms. The number of thioether (sulfide) groups is 1. The third-order valence-electron chi connectivity index (χ3n) is 4.63. The Labute approximate surface area is 174 Å². The quantitative estimate of drug-likeness (QED) is 0.452. The van der Waals surface area contributed by atoms with E-state index in [0.29, 0.717) is 29.2 Å². The van der Waals surface area contributed by atoms with Gasteiger partial charge in [0.15, 0.2) is 5.16 Å². The predicted molar refractivity (Wildman–Crippen MR) is 118 cm³/mol. The number of hydrogen-bond acceptors (Lipinski definition) is 5. The summed E-state index contributed by atoms with van der Waals surface area (Å²) in [5, 5.41) is 3.57. The molecule has 3 rings (SSSR count). The lowest BCUT2D eigenvalue weighted by Crippen LogP contribution is -2.28. The van der Waals surface area contributed by atoms with Gasteiger partial charge in [0, 0.05) is 12.8 Å². The molecule has 0 saturated heterocycles. The standard InChI is InChI=1S/C22H25N3O3S/c1-4-16-9-11-17(12-10-16)23-20(26)15(2)29-22-24-19-8-6-5-7-18(19)21(27)25(22)13-14-28-3/h5-12,15H,4,13-14H2,1-3H3,(H,23,26)/t15-/m0/s1. The number of aromatic nitrogens is 2. The second-order valence-electron chi connectivity index (χ2n) is 6.66. The van der Waals surface area contributed by atoms with Crippen molar-refractivity contribution in [3.05, 3.63) is 64.4 Å². The van der Waals surface area contributed by atoms with Crippen LogP contribution in [0.3, 0.4) is 0 Å². The molecule has 152 valence electrons. The number of amides is 1. The maximum Gasteiger partial charge on any atom is 0.262 e. The zero-order valence-electron chi connectivity index (χ0n) is 16.8. The van der Waals surface area contributed by atoms with Crippen molar-refractivity contribution in [2.24, 2.45) is 0 Å². The Morgan fingerprint density at radius 2 is 1.93 bits per heavy atom. The zero-order valence-corrected chi connectivity index (χ0v) is 17.7. The highest BCUT2D eigenvalue weighted by molar-refractivity contribution is 8.00. The smallest absolute Gasteiger partial charge is 0.262 e. The molecular formula is C22H25N3O3S. The maximum atomic E-state index is 12.9. The number of benzene rings is 2. The molecule has 7 heteroatoms. The van der Waals surface area contributed by atoms with Gasteiger partial charge in [0.2, 0.25) is 5.91 Å². The number of carbonyl (C=O) groups excluding carboxylic acids is 1. The number of aryl methyl sites for hydroxylation is 1. The lowest BCUT2D eigenvalue weighted by molar-refractivity contribution is -0.115. The lowest BCUT2D eigenvalue weighted by Gasteiger charge is -2.16. The Kier molecular flexibility index (Phi) is 7.06. The molecule has 1 N–H and O–H groups in total. The van der Waals surface area contributed by atoms with E-state index in [4.69, 9.17) is 4.74 Å². The Morgan fingerprint density at radius 1 is 1.21 bits per heavy atom. The van der Waals surface area contributed by atoms with Crippen molar-refractivity contribution in [1.82, 2.24) is 9.55 Å². The van der Waals surface area contributed by atoms with Gasteiger partial charge in [0.25, 0.3) is 5.56 Å². The van der Waals surface area contributed by atoms with E-state index in [-0.39, 0.29) is 11.5 Å². The molecule has 1 atom stereocenters. The van der Waals surface area contributed by atoms with Crippen LogP contribution >= 0.6 is 11.8 Å². The fraction of sp³-hybridized carbons (Fsp3) is 0.318. The van der Waals surface area contributed by atoms with Crippen molar-refractivity contribution in [2.75, 3.05) is 19.0 Å². The Balaban J connectivity index is 1.83. The summed E-state index contributed by atoms with van der Waals surface area (Å²) in [6.07, 6.45) is 0.952. The summed E-state index contributed by atoms with van der Waals surface area (Å²) in [6.45, 7) is 4.66. The average molecular weight is 412 g/mol. The van der Waals surface area contributed by atoms with Crippen molar-refractivity contribution in [3.63, 3.8) is 0 Å². The van der Waals surface area contributed by atoms with E-state index < -0.39 is 5.25 Å². The number of para-hydroxylation sites is 1. The molecule has 1 heterocycles. The van der Waals surface area contributed by atoms with Gasteiger partial charge in [-0.3, -0.25) is 14.2 Å². The fourth-order valence-corrected chi connectivity index (χ4v) is 3.83. The van der Waals surface area contributed by atoms with Gasteiger partial charge in [-0.2, -0.15) is 0 Å². The number of anilines is 1. The number of carbonyl (C=O) groups is 1. The van der Waals surface area contributed by atoms with Crippen LogP contribution in [0.2, 0.25) is 0 Å². The van der Waals surface area contributed by atoms with Gasteiger partial charge in [-0.15, -0.1) is 0 Å². The summed E-state index contributed by atoms with van der Waals surface area (Å²) in [4.78, 5) is 30.2. The van der Waals surface area contributed by atoms with Crippen molar-refractivity contribution in [2.45, 2.75) is 37.2 Å². The van der Waals surface area contributed by atoms with E-state index >= 15 is 0 Å². The van der Waals surface area contributed by atoms with Crippen LogP contribution in [-0.4, -0.2) is 34.4 Å². The van der Waals surface area contributed by atoms with E-state index in [1.54, 1.807) is 17.7 Å². The Hall–Kier alpha value is -2.64. The number of nitrogens with one attached hydrogen (secondary N) is 1. The number of methoxy groups -OCH3 is 1. The van der Waals surface area contributed by atoms with Crippen molar-refractivity contribution in [3.8, 4) is 0 Å². The summed E-state index contributed by atoms with van der Waals surface area (Å²) in [5.74, 6) is -0.139. The highest BCUT2D eigenvalue weighted by Crippen LogP contribution is 2.24. The number of fused-ring (bicyclic) bond motifs is 1. The number of nitrogens with zero attached hydrogens (tertiary/aromatic N) is 2. The molecule has 0 saturated carbocycles. The summed E-state index contributed by atoms with van der Waals surface area (Å²) in [5.41, 5.74) is 2.46. The van der Waals surface area contributed by atoms with Crippen LogP contribution < -0.4 is 10.9 Å². The summed E-state index contributed by atoms with van der Waals surface area (Å²) in [7, 11) is 1.59. The van der Waals surface area contributed by atoms with Gasteiger partial charge in [-0.05, 0) is 43.2 Å². The SMILES string of the molecule is CCc1ccc(NC(=O)[C@H](C)Sc2nc3ccccc3c(=O)n2CCOC)cc1. The molecule has 29 heavy (non-hydrogen) atoms. The third-order valence-corrected chi connectivity index (χ3v) is 5.72. The minimum atomic E-state index is -0.428. The average Bonchev–Trinajstić information content (AvgIpc) is 2.74. The minimum absolute atomic E-state index is 0.127. The number of hydrogen-bond donors (Lipinski definition) is 1. The zero-order chi connectivity index (χ0) is 20.8. The van der Waals surface area contributed by atoms with E-state index in [9.17, 15) is 9.59 Å². The molecule has 0 unspecified atom stereocenters. The highest BCUT2D eigenvalue weighted by atomic mass is 32.2. The maximum absolute atomic E-state index is 12.9. The van der Waals surface area contributed by atoms with E-state index in [1.807, 2.05) is 49.4 Å². The molecule has 0 radical (unpaired) electrons. The monoisotopic (exact) mass is 411 g/mol. The van der Waals surface area contributed by atoms with Gasteiger partial charge in [-0.25, -0.2) is 4.98 Å². The second kappa shape index (κ2) is 9.71. The topological polar surface area (TPSA) is 73.2 Å². The number of ether oxygens (including phenoxy) is 1. The normalized spacial score (nSPS) is 12.1. The van der Waals surface area contributed by atoms with Crippen molar-refractivity contribution >= 4 is 34.3 Å². The van der Waals surface area contributed by atoms with Crippen LogP contribution in [-0.2, 0) is 22.5 Å². The van der Waals surface area contributed by atoms with Crippen LogP contribution in [0.4, 0.5) is 5.69 Å². The lowest BCUT2D eigenvalue weighted by atomic mass is 10.1. The van der Waals surface area contributed by atoms with Crippen LogP contribution in [0, 0.1) is 0 Å². The van der Waals surface area contributed by atoms with Gasteiger partial charge < -0.3 is 10.1 Å². The number of rotatable bonds is 8. The fourth-order valence-electron chi connectivity index (χ4n) is 2.90. The Bertz CT molecular complexity index is 1050. The third kappa shape index (κ3) is 5.05. The van der Waals surface area contributed by atoms with Gasteiger partial charge in [0.05, 0.1) is 29.3 Å². The summed E-state index contributed by atoms with van der Waals surface area (Å²) < 4.78 is 6.72. The van der Waals surface area contributed by atoms with Crippen LogP contribution in [0.5, 0.6) is 0 Å². The van der Waals surface area contributed by atoms with Crippen molar-refractivity contribution in [1.29, 1.82) is 0 Å². The molecule has 1 amide bonds. The van der Waals surface area contributed by atoms with E-state index in [2.05, 4.69) is 17.2 Å². The van der Waals surface area contributed by atoms with Gasteiger partial charge >= 0.3 is 0 Å². The van der Waals surface area contributed by atoms with Crippen LogP contribution in [0.25, 0.3) is 10.9 Å². The van der Waals surface area contributed by atoms with Gasteiger partial charge in [0.1, 0.15) is 0 Å². The molecule has 6 nitrogen and oxygen atoms in total. The molecule has 0 aliphatic rings.